The molecule has 0 N–H and O–H groups in total. The van der Waals surface area contributed by atoms with E-state index in [-0.39, 0.29) is 11.9 Å². The molecule has 1 aliphatic rings. The quantitative estimate of drug-likeness (QED) is 0.341. The third-order valence-electron chi connectivity index (χ3n) is 6.89. The van der Waals surface area contributed by atoms with E-state index in [0.717, 1.165) is 39.4 Å². The number of benzene rings is 3. The number of aromatic nitrogens is 4. The van der Waals surface area contributed by atoms with E-state index >= 15 is 0 Å². The number of anilines is 1. The van der Waals surface area contributed by atoms with E-state index < -0.39 is 0 Å². The molecule has 0 aliphatic carbocycles. The highest BCUT2D eigenvalue weighted by molar-refractivity contribution is 6.33. The first-order chi connectivity index (χ1) is 17.5. The highest BCUT2D eigenvalue weighted by Gasteiger charge is 2.31. The predicted octanol–water partition coefficient (Wildman–Crippen LogP) is 5.26. The summed E-state index contributed by atoms with van der Waals surface area (Å²) in [5.74, 6) is 1.50. The van der Waals surface area contributed by atoms with Gasteiger partial charge in [0.25, 0.3) is 5.91 Å². The summed E-state index contributed by atoms with van der Waals surface area (Å²) in [6, 6.07) is 23.4. The Kier molecular flexibility index (Phi) is 5.57. The van der Waals surface area contributed by atoms with Crippen molar-refractivity contribution in [1.82, 2.24) is 24.5 Å². The fourth-order valence-electron chi connectivity index (χ4n) is 5.01. The van der Waals surface area contributed by atoms with Crippen LogP contribution in [0, 0.1) is 6.92 Å². The third-order valence-corrected chi connectivity index (χ3v) is 7.22. The van der Waals surface area contributed by atoms with E-state index in [1.54, 1.807) is 12.1 Å². The number of hydrogen-bond acceptors (Lipinski definition) is 5. The first-order valence-corrected chi connectivity index (χ1v) is 12.4. The summed E-state index contributed by atoms with van der Waals surface area (Å²) in [6.45, 7) is 5.96. The van der Waals surface area contributed by atoms with Crippen LogP contribution >= 0.6 is 11.6 Å². The second-order valence-electron chi connectivity index (χ2n) is 9.20. The molecule has 0 bridgehead atoms. The Balaban J connectivity index is 1.43. The largest absolute Gasteiger partial charge is 0.338 e. The van der Waals surface area contributed by atoms with Crippen LogP contribution in [0.3, 0.4) is 0 Å². The lowest BCUT2D eigenvalue weighted by molar-refractivity contribution is 0.0673. The SMILES string of the molecule is Cc1ccccc1-c1nnc2c3ccccc3nc(N3CCN(C(=O)c4ccccc4Cl)[C@@H](C)C3)n12. The molecule has 1 aliphatic heterocycles. The number of aryl methyl sites for hydroxylation is 1. The monoisotopic (exact) mass is 496 g/mol. The van der Waals surface area contributed by atoms with Crippen LogP contribution in [0.25, 0.3) is 27.9 Å². The molecule has 8 heteroatoms. The van der Waals surface area contributed by atoms with Crippen molar-refractivity contribution in [3.05, 3.63) is 88.9 Å². The number of fused-ring (bicyclic) bond motifs is 3. The normalized spacial score (nSPS) is 16.1. The predicted molar refractivity (Wildman–Crippen MR) is 143 cm³/mol. The van der Waals surface area contributed by atoms with E-state index in [2.05, 4.69) is 45.5 Å². The number of carbonyl (C=O) groups excluding carboxylic acids is 1. The molecular weight excluding hydrogens is 472 g/mol. The van der Waals surface area contributed by atoms with Crippen molar-refractivity contribution >= 4 is 40.0 Å². The zero-order valence-corrected chi connectivity index (χ0v) is 20.9. The molecule has 180 valence electrons. The fraction of sp³-hybridized carbons (Fsp3) is 0.214. The van der Waals surface area contributed by atoms with Gasteiger partial charge in [0.1, 0.15) is 0 Å². The van der Waals surface area contributed by atoms with E-state index in [9.17, 15) is 4.79 Å². The second kappa shape index (κ2) is 8.91. The molecule has 2 aromatic heterocycles. The van der Waals surface area contributed by atoms with Crippen molar-refractivity contribution in [2.75, 3.05) is 24.5 Å². The zero-order chi connectivity index (χ0) is 24.8. The van der Waals surface area contributed by atoms with Crippen molar-refractivity contribution in [3.63, 3.8) is 0 Å². The van der Waals surface area contributed by atoms with Gasteiger partial charge in [-0.3, -0.25) is 4.79 Å². The summed E-state index contributed by atoms with van der Waals surface area (Å²) in [4.78, 5) is 22.5. The lowest BCUT2D eigenvalue weighted by Gasteiger charge is -2.40. The molecule has 0 radical (unpaired) electrons. The van der Waals surface area contributed by atoms with Gasteiger partial charge in [0.05, 0.1) is 16.1 Å². The Labute approximate surface area is 214 Å². The maximum Gasteiger partial charge on any atom is 0.255 e. The molecule has 36 heavy (non-hydrogen) atoms. The minimum absolute atomic E-state index is 0.0377. The maximum absolute atomic E-state index is 13.3. The molecule has 1 atom stereocenters. The van der Waals surface area contributed by atoms with Crippen LogP contribution in [0.2, 0.25) is 5.02 Å². The van der Waals surface area contributed by atoms with E-state index in [4.69, 9.17) is 16.6 Å². The molecule has 3 aromatic carbocycles. The molecule has 0 unspecified atom stereocenters. The highest BCUT2D eigenvalue weighted by Crippen LogP contribution is 2.31. The van der Waals surface area contributed by atoms with E-state index in [0.29, 0.717) is 30.2 Å². The summed E-state index contributed by atoms with van der Waals surface area (Å²) in [7, 11) is 0. The summed E-state index contributed by atoms with van der Waals surface area (Å²) in [5.41, 5.74) is 4.31. The molecule has 6 rings (SSSR count). The molecule has 5 aromatic rings. The number of rotatable bonds is 3. The van der Waals surface area contributed by atoms with Crippen molar-refractivity contribution in [2.45, 2.75) is 19.9 Å². The molecule has 1 amide bonds. The van der Waals surface area contributed by atoms with Crippen LogP contribution < -0.4 is 4.90 Å². The molecule has 1 saturated heterocycles. The molecule has 0 saturated carbocycles. The summed E-state index contributed by atoms with van der Waals surface area (Å²) >= 11 is 6.32. The average molecular weight is 497 g/mol. The van der Waals surface area contributed by atoms with Crippen molar-refractivity contribution in [3.8, 4) is 11.4 Å². The first kappa shape index (κ1) is 22.5. The smallest absolute Gasteiger partial charge is 0.255 e. The number of carbonyl (C=O) groups is 1. The molecule has 1 fully saturated rings. The van der Waals surface area contributed by atoms with Gasteiger partial charge in [-0.15, -0.1) is 10.2 Å². The summed E-state index contributed by atoms with van der Waals surface area (Å²) in [6.07, 6.45) is 0. The summed E-state index contributed by atoms with van der Waals surface area (Å²) in [5, 5.41) is 10.6. The fourth-order valence-corrected chi connectivity index (χ4v) is 5.22. The Morgan fingerprint density at radius 2 is 1.69 bits per heavy atom. The van der Waals surface area contributed by atoms with Crippen LogP contribution in [0.15, 0.2) is 72.8 Å². The van der Waals surface area contributed by atoms with Crippen molar-refractivity contribution in [1.29, 1.82) is 0 Å². The van der Waals surface area contributed by atoms with Gasteiger partial charge in [-0.2, -0.15) is 0 Å². The molecule has 3 heterocycles. The molecule has 0 spiro atoms. The standard InChI is InChI=1S/C28H25ClN6O/c1-18-9-3-4-10-20(18)25-31-32-26-22-12-6-8-14-24(22)30-28(35(25)26)33-15-16-34(19(2)17-33)27(36)21-11-5-7-13-23(21)29/h3-14,19H,15-17H2,1-2H3/t19-/m0/s1. The van der Waals surface area contributed by atoms with Gasteiger partial charge < -0.3 is 9.80 Å². The summed E-state index contributed by atoms with van der Waals surface area (Å²) < 4.78 is 2.06. The minimum Gasteiger partial charge on any atom is -0.338 e. The minimum atomic E-state index is -0.0470. The van der Waals surface area contributed by atoms with Gasteiger partial charge in [0.2, 0.25) is 5.95 Å². The van der Waals surface area contributed by atoms with E-state index in [1.807, 2.05) is 53.4 Å². The zero-order valence-electron chi connectivity index (χ0n) is 20.1. The number of piperazine rings is 1. The van der Waals surface area contributed by atoms with Crippen molar-refractivity contribution in [2.24, 2.45) is 0 Å². The average Bonchev–Trinajstić information content (AvgIpc) is 3.34. The number of amides is 1. The number of halogens is 1. The highest BCUT2D eigenvalue weighted by atomic mass is 35.5. The van der Waals surface area contributed by atoms with Crippen LogP contribution in [0.5, 0.6) is 0 Å². The van der Waals surface area contributed by atoms with Gasteiger partial charge in [-0.1, -0.05) is 60.1 Å². The Bertz CT molecular complexity index is 1610. The maximum atomic E-state index is 13.3. The van der Waals surface area contributed by atoms with Gasteiger partial charge in [0, 0.05) is 36.6 Å². The molecule has 7 nitrogen and oxygen atoms in total. The van der Waals surface area contributed by atoms with Gasteiger partial charge in [-0.25, -0.2) is 9.38 Å². The molecular formula is C28H25ClN6O. The van der Waals surface area contributed by atoms with E-state index in [1.165, 1.54) is 0 Å². The Morgan fingerprint density at radius 1 is 0.944 bits per heavy atom. The first-order valence-electron chi connectivity index (χ1n) is 12.0. The van der Waals surface area contributed by atoms with Gasteiger partial charge in [-0.05, 0) is 43.7 Å². The van der Waals surface area contributed by atoms with Crippen molar-refractivity contribution < 1.29 is 4.79 Å². The third kappa shape index (κ3) is 3.67. The lowest BCUT2D eigenvalue weighted by Crippen LogP contribution is -2.54. The topological polar surface area (TPSA) is 66.6 Å². The van der Waals surface area contributed by atoms with Crippen LogP contribution in [-0.2, 0) is 0 Å². The van der Waals surface area contributed by atoms with Gasteiger partial charge >= 0.3 is 0 Å². The van der Waals surface area contributed by atoms with Gasteiger partial charge in [0.15, 0.2) is 11.5 Å². The number of para-hydroxylation sites is 1. The van der Waals surface area contributed by atoms with Crippen LogP contribution in [-0.4, -0.2) is 56.1 Å². The number of nitrogens with zero attached hydrogens (tertiary/aromatic N) is 6. The number of hydrogen-bond donors (Lipinski definition) is 0. The van der Waals surface area contributed by atoms with Crippen LogP contribution in [0.4, 0.5) is 5.95 Å². The second-order valence-corrected chi connectivity index (χ2v) is 9.61. The van der Waals surface area contributed by atoms with Crippen LogP contribution in [0.1, 0.15) is 22.8 Å². The Morgan fingerprint density at radius 3 is 2.50 bits per heavy atom. The Hall–Kier alpha value is -3.97. The lowest BCUT2D eigenvalue weighted by atomic mass is 10.1.